The predicted molar refractivity (Wildman–Crippen MR) is 379 cm³/mol. The molecule has 2 atom stereocenters. The molecule has 0 fully saturated rings. The smallest absolute Gasteiger partial charge is 0.251 e. The molecule has 16 nitrogen and oxygen atoms in total. The van der Waals surface area contributed by atoms with Gasteiger partial charge in [0.15, 0.2) is 0 Å². The number of halogens is 3. The number of hydrogen-bond donors (Lipinski definition) is 8. The van der Waals surface area contributed by atoms with Crippen LogP contribution in [0.1, 0.15) is 127 Å². The molecule has 0 saturated heterocycles. The van der Waals surface area contributed by atoms with Gasteiger partial charge >= 0.3 is 0 Å². The molecule has 484 valence electrons. The van der Waals surface area contributed by atoms with Gasteiger partial charge in [-0.1, -0.05) is 75.2 Å². The minimum absolute atomic E-state index is 0. The topological polar surface area (TPSA) is 181 Å². The summed E-state index contributed by atoms with van der Waals surface area (Å²) in [7, 11) is 7.03. The number of rotatable bonds is 28. The number of carbonyl (C=O) groups is 2. The van der Waals surface area contributed by atoms with Crippen molar-refractivity contribution in [3.8, 4) is 11.5 Å². The van der Waals surface area contributed by atoms with E-state index in [0.29, 0.717) is 33.3 Å². The molecular weight excluding hydrogens is 1180 g/mol. The first-order valence-electron chi connectivity index (χ1n) is 31.1. The van der Waals surface area contributed by atoms with Crippen LogP contribution in [-0.4, -0.2) is 123 Å². The van der Waals surface area contributed by atoms with Gasteiger partial charge in [0.1, 0.15) is 11.5 Å². The fraction of sp³-hybridized carbons (Fsp3) is 0.429. The van der Waals surface area contributed by atoms with Crippen molar-refractivity contribution in [1.29, 1.82) is 0 Å². The number of benzene rings is 6. The third-order valence-corrected chi connectivity index (χ3v) is 15.4. The fourth-order valence-corrected chi connectivity index (χ4v) is 10.3. The monoisotopic (exact) mass is 1280 g/mol. The highest BCUT2D eigenvalue weighted by Gasteiger charge is 2.16. The van der Waals surface area contributed by atoms with E-state index in [9.17, 15) is 9.59 Å². The molecule has 8 N–H and O–H groups in total. The number of amides is 2. The minimum Gasteiger partial charge on any atom is -0.497 e. The first-order chi connectivity index (χ1) is 42.4. The molecule has 0 aliphatic rings. The second-order valence-corrected chi connectivity index (χ2v) is 23.2. The van der Waals surface area contributed by atoms with E-state index in [0.717, 1.165) is 143 Å². The van der Waals surface area contributed by atoms with E-state index in [-0.39, 0.29) is 36.3 Å². The van der Waals surface area contributed by atoms with Gasteiger partial charge in [0.25, 0.3) is 11.8 Å². The van der Waals surface area contributed by atoms with Gasteiger partial charge in [0.2, 0.25) is 0 Å². The predicted octanol–water partition coefficient (Wildman–Crippen LogP) is 14.5. The lowest BCUT2D eigenvalue weighted by Gasteiger charge is -2.22. The summed E-state index contributed by atoms with van der Waals surface area (Å²) in [6.07, 6.45) is 4.57. The van der Waals surface area contributed by atoms with Crippen LogP contribution >= 0.6 is 35.6 Å². The van der Waals surface area contributed by atoms with E-state index >= 15 is 0 Å². The minimum atomic E-state index is -0.0249. The average molecular weight is 1280 g/mol. The first-order valence-corrected chi connectivity index (χ1v) is 31.8. The third kappa shape index (κ3) is 24.3. The summed E-state index contributed by atoms with van der Waals surface area (Å²) in [5, 5.41) is 18.9. The number of hydrazine groups is 2. The zero-order valence-electron chi connectivity index (χ0n) is 54.9. The molecule has 19 heteroatoms. The van der Waals surface area contributed by atoms with Gasteiger partial charge < -0.3 is 40.5 Å². The number of nitrogens with one attached hydrogen (secondary N) is 8. The quantitative estimate of drug-likeness (QED) is 0.0171. The normalized spacial score (nSPS) is 11.7. The summed E-state index contributed by atoms with van der Waals surface area (Å²) in [5.41, 5.74) is 21.2. The Balaban J connectivity index is 0.000000262. The van der Waals surface area contributed by atoms with Crippen LogP contribution in [0, 0.1) is 0 Å². The van der Waals surface area contributed by atoms with Crippen LogP contribution in [-0.2, 0) is 13.1 Å². The highest BCUT2D eigenvalue weighted by molar-refractivity contribution is 6.32. The molecule has 6 aromatic carbocycles. The Bertz CT molecular complexity index is 3180. The molecule has 0 aliphatic heterocycles. The Morgan fingerprint density at radius 1 is 0.483 bits per heavy atom. The average Bonchev–Trinajstić information content (AvgIpc) is 0.992. The summed E-state index contributed by atoms with van der Waals surface area (Å²) < 4.78 is 10.9. The number of pyridine rings is 2. The number of carbonyl (C=O) groups excluding carboxylic acids is 2. The Kier molecular flexibility index (Phi) is 33.3. The van der Waals surface area contributed by atoms with E-state index in [1.165, 1.54) is 12.8 Å². The number of anilines is 2. The molecule has 2 aromatic heterocycles. The lowest BCUT2D eigenvalue weighted by Crippen LogP contribution is -2.30. The summed E-state index contributed by atoms with van der Waals surface area (Å²) in [6.45, 7) is 29.4. The maximum atomic E-state index is 11.6. The molecule has 2 amide bonds. The maximum absolute atomic E-state index is 11.6. The second kappa shape index (κ2) is 39.5. The van der Waals surface area contributed by atoms with Gasteiger partial charge in [-0.15, -0.1) is 12.4 Å². The van der Waals surface area contributed by atoms with Crippen LogP contribution in [0.25, 0.3) is 43.6 Å². The molecule has 89 heavy (non-hydrogen) atoms. The van der Waals surface area contributed by atoms with Gasteiger partial charge in [-0.2, -0.15) is 0 Å². The van der Waals surface area contributed by atoms with Gasteiger partial charge in [-0.25, -0.2) is 9.97 Å². The third-order valence-electron chi connectivity index (χ3n) is 14.9. The van der Waals surface area contributed by atoms with Crippen molar-refractivity contribution in [3.63, 3.8) is 0 Å². The summed E-state index contributed by atoms with van der Waals surface area (Å²) in [4.78, 5) is 37.8. The Morgan fingerprint density at radius 3 is 1.16 bits per heavy atom. The number of fused-ring (bicyclic) bond motifs is 4. The van der Waals surface area contributed by atoms with Crippen molar-refractivity contribution in [2.24, 2.45) is 0 Å². The van der Waals surface area contributed by atoms with Crippen LogP contribution in [0.5, 0.6) is 11.5 Å². The van der Waals surface area contributed by atoms with Crippen molar-refractivity contribution in [2.45, 2.75) is 132 Å². The molecule has 2 unspecified atom stereocenters. The molecule has 0 saturated carbocycles. The molecule has 2 heterocycles. The number of nitrogens with zero attached hydrogens (tertiary/aromatic N) is 4. The van der Waals surface area contributed by atoms with Crippen LogP contribution in [0.4, 0.5) is 11.4 Å². The summed E-state index contributed by atoms with van der Waals surface area (Å²) >= 11 is 12.4. The van der Waals surface area contributed by atoms with Gasteiger partial charge in [-0.3, -0.25) is 31.3 Å². The fourth-order valence-electron chi connectivity index (χ4n) is 9.94. The Hall–Kier alpha value is -6.57. The molecule has 0 spiro atoms. The largest absolute Gasteiger partial charge is 0.497 e. The van der Waals surface area contributed by atoms with E-state index in [1.54, 1.807) is 14.2 Å². The van der Waals surface area contributed by atoms with Gasteiger partial charge in [0, 0.05) is 80.0 Å². The molecule has 0 aliphatic carbocycles. The summed E-state index contributed by atoms with van der Waals surface area (Å²) in [6, 6.07) is 40.0. The first kappa shape index (κ1) is 74.9. The van der Waals surface area contributed by atoms with Crippen molar-refractivity contribution >= 4 is 102 Å². The Morgan fingerprint density at radius 2 is 0.843 bits per heavy atom. The van der Waals surface area contributed by atoms with E-state index in [2.05, 4.69) is 119 Å². The molecule has 8 rings (SSSR count). The van der Waals surface area contributed by atoms with Crippen molar-refractivity contribution in [2.75, 3.05) is 78.2 Å². The van der Waals surface area contributed by atoms with E-state index < -0.39 is 0 Å². The Labute approximate surface area is 546 Å². The van der Waals surface area contributed by atoms with Crippen molar-refractivity contribution in [1.82, 2.24) is 52.1 Å². The highest BCUT2D eigenvalue weighted by Crippen LogP contribution is 2.37. The van der Waals surface area contributed by atoms with Crippen molar-refractivity contribution in [3.05, 3.63) is 154 Å². The lowest BCUT2D eigenvalue weighted by molar-refractivity contribution is 0.0934. The van der Waals surface area contributed by atoms with Crippen LogP contribution < -0.4 is 52.4 Å². The zero-order valence-corrected chi connectivity index (χ0v) is 57.3. The van der Waals surface area contributed by atoms with Crippen LogP contribution in [0.2, 0.25) is 10.0 Å². The molecule has 0 radical (unpaired) electrons. The molecule has 0 bridgehead atoms. The highest BCUT2D eigenvalue weighted by atomic mass is 35.5. The zero-order chi connectivity index (χ0) is 64.1. The van der Waals surface area contributed by atoms with Gasteiger partial charge in [-0.05, 0) is 229 Å². The van der Waals surface area contributed by atoms with Crippen LogP contribution in [0.3, 0.4) is 0 Å². The number of ether oxygens (including phenoxy) is 2. The second-order valence-electron chi connectivity index (χ2n) is 22.3. The maximum Gasteiger partial charge on any atom is 0.251 e. The summed E-state index contributed by atoms with van der Waals surface area (Å²) in [5.74, 6) is 1.62. The number of aromatic nitrogens is 2. The van der Waals surface area contributed by atoms with Crippen molar-refractivity contribution < 1.29 is 19.1 Å². The van der Waals surface area contributed by atoms with E-state index in [4.69, 9.17) is 42.6 Å². The van der Waals surface area contributed by atoms with Gasteiger partial charge in [0.05, 0.1) is 47.7 Å². The lowest BCUT2D eigenvalue weighted by atomic mass is 10.1. The van der Waals surface area contributed by atoms with Crippen LogP contribution in [0.15, 0.2) is 121 Å². The number of hydrogen-bond acceptors (Lipinski definition) is 14. The molecule has 8 aromatic rings. The molecular formula is C70H99Cl3N12O4. The SMILES string of the molecule is CCN(CC)CCCC(C)Nc1c2ccc(Cl)cc2nc2ccc(OC)cc12.CCN(CC)CCCC(C)Nc1c2ccc(Cl)cc2nc2ccc(OC)cc12.CNNCc1ccc(C(=O)NC(C)C)cc1.CNNCc1ccc(C(=O)NC(C)C)cc1.Cl. The standard InChI is InChI=1S/2C23H30ClN3O.2C12H19N3O.ClH/c2*1-5-27(6-2)13-7-8-16(3)25-23-19-11-9-17(24)14-22(19)26-21-12-10-18(28-4)15-20(21)23;2*1-9(2)15-12(16)11-6-4-10(5-7-11)8-14-13-3;/h2*9-12,14-16H,5-8,13H2,1-4H3,(H,25,26);2*4-7,9,13-14H,8H2,1-3H3,(H,15,16);1H. The van der Waals surface area contributed by atoms with E-state index in [1.807, 2.05) is 139 Å². The number of methoxy groups -OCH3 is 2.